The number of thiazole rings is 1. The lowest BCUT2D eigenvalue weighted by atomic mass is 10.2. The van der Waals surface area contributed by atoms with E-state index >= 15 is 0 Å². The minimum absolute atomic E-state index is 0.164. The monoisotopic (exact) mass is 472 g/mol. The van der Waals surface area contributed by atoms with E-state index in [9.17, 15) is 9.18 Å². The first kappa shape index (κ1) is 19.3. The molecule has 0 bridgehead atoms. The molecule has 7 nitrogen and oxygen atoms in total. The summed E-state index contributed by atoms with van der Waals surface area (Å²) in [5, 5.41) is 14.7. The zero-order valence-electron chi connectivity index (χ0n) is 15.2. The van der Waals surface area contributed by atoms with Crippen LogP contribution in [0.2, 0.25) is 0 Å². The van der Waals surface area contributed by atoms with Crippen LogP contribution in [0.1, 0.15) is 12.6 Å². The number of nitrogens with zero attached hydrogens (tertiary/aromatic N) is 6. The third-order valence-electron chi connectivity index (χ3n) is 4.00. The Labute approximate surface area is 177 Å². The smallest absolute Gasteiger partial charge is 0.230 e. The van der Waals surface area contributed by atoms with Crippen molar-refractivity contribution in [2.45, 2.75) is 13.5 Å². The molecule has 0 fully saturated rings. The van der Waals surface area contributed by atoms with Gasteiger partial charge in [-0.2, -0.15) is 4.80 Å². The number of anilines is 2. The second kappa shape index (κ2) is 8.18. The lowest BCUT2D eigenvalue weighted by molar-refractivity contribution is -0.115. The van der Waals surface area contributed by atoms with Crippen LogP contribution < -0.4 is 4.90 Å². The van der Waals surface area contributed by atoms with Gasteiger partial charge in [-0.3, -0.25) is 9.69 Å². The summed E-state index contributed by atoms with van der Waals surface area (Å²) in [5.41, 5.74) is 1.66. The molecule has 2 aromatic heterocycles. The van der Waals surface area contributed by atoms with Crippen LogP contribution in [0, 0.1) is 5.82 Å². The van der Waals surface area contributed by atoms with Crippen LogP contribution >= 0.6 is 27.3 Å². The van der Waals surface area contributed by atoms with Crippen molar-refractivity contribution >= 4 is 44.0 Å². The van der Waals surface area contributed by atoms with E-state index in [-0.39, 0.29) is 18.1 Å². The van der Waals surface area contributed by atoms with Gasteiger partial charge in [0.05, 0.1) is 11.4 Å². The highest BCUT2D eigenvalue weighted by Gasteiger charge is 2.21. The van der Waals surface area contributed by atoms with E-state index < -0.39 is 5.82 Å². The number of hydrogen-bond acceptors (Lipinski definition) is 6. The molecule has 4 aromatic rings. The third-order valence-corrected chi connectivity index (χ3v) is 5.40. The Bertz CT molecular complexity index is 1160. The van der Waals surface area contributed by atoms with Gasteiger partial charge in [-0.1, -0.05) is 28.1 Å². The van der Waals surface area contributed by atoms with Crippen molar-refractivity contribution in [3.8, 4) is 11.4 Å². The lowest BCUT2D eigenvalue weighted by Crippen LogP contribution is -2.23. The quantitative estimate of drug-likeness (QED) is 0.429. The topological polar surface area (TPSA) is 76.8 Å². The SMILES string of the molecule is CC(=O)N(c1nc(Cn2nnc(-c3ccc(Br)cc3)n2)cs1)c1ccccc1F. The molecule has 4 rings (SSSR count). The van der Waals surface area contributed by atoms with Crippen molar-refractivity contribution in [1.29, 1.82) is 0 Å². The molecule has 0 unspecified atom stereocenters. The van der Waals surface area contributed by atoms with Crippen molar-refractivity contribution < 1.29 is 9.18 Å². The third kappa shape index (κ3) is 4.22. The zero-order chi connectivity index (χ0) is 20.4. The van der Waals surface area contributed by atoms with Gasteiger partial charge in [0.1, 0.15) is 12.4 Å². The molecule has 0 N–H and O–H groups in total. The van der Waals surface area contributed by atoms with Crippen LogP contribution in [-0.2, 0) is 11.3 Å². The maximum Gasteiger partial charge on any atom is 0.230 e. The standard InChI is InChI=1S/C19H14BrFN6OS/c1-12(28)27(17-5-3-2-4-16(17)21)19-22-15(11-29-19)10-26-24-18(23-25-26)13-6-8-14(20)9-7-13/h2-9,11H,10H2,1H3. The van der Waals surface area contributed by atoms with E-state index in [0.29, 0.717) is 16.6 Å². The number of para-hydroxylation sites is 1. The molecule has 2 heterocycles. The van der Waals surface area contributed by atoms with E-state index in [0.717, 1.165) is 10.0 Å². The molecular weight excluding hydrogens is 459 g/mol. The molecule has 0 atom stereocenters. The van der Waals surface area contributed by atoms with Gasteiger partial charge in [-0.25, -0.2) is 9.37 Å². The maximum atomic E-state index is 14.2. The Morgan fingerprint density at radius 2 is 1.97 bits per heavy atom. The number of amides is 1. The number of hydrogen-bond donors (Lipinski definition) is 0. The van der Waals surface area contributed by atoms with E-state index in [2.05, 4.69) is 36.3 Å². The van der Waals surface area contributed by atoms with Crippen LogP contribution in [0.15, 0.2) is 58.4 Å². The van der Waals surface area contributed by atoms with E-state index in [1.807, 2.05) is 24.3 Å². The van der Waals surface area contributed by atoms with Gasteiger partial charge in [0.15, 0.2) is 5.13 Å². The van der Waals surface area contributed by atoms with Gasteiger partial charge >= 0.3 is 0 Å². The van der Waals surface area contributed by atoms with Crippen LogP contribution in [0.3, 0.4) is 0 Å². The molecule has 0 spiro atoms. The summed E-state index contributed by atoms with van der Waals surface area (Å²) < 4.78 is 15.1. The predicted molar refractivity (Wildman–Crippen MR) is 111 cm³/mol. The van der Waals surface area contributed by atoms with Crippen LogP contribution in [0.5, 0.6) is 0 Å². The van der Waals surface area contributed by atoms with Crippen molar-refractivity contribution in [3.05, 3.63) is 69.9 Å². The largest absolute Gasteiger partial charge is 0.274 e. The summed E-state index contributed by atoms with van der Waals surface area (Å²) >= 11 is 4.64. The average Bonchev–Trinajstić information content (AvgIpc) is 3.34. The molecule has 2 aromatic carbocycles. The Morgan fingerprint density at radius 1 is 1.21 bits per heavy atom. The molecule has 146 valence electrons. The summed E-state index contributed by atoms with van der Waals surface area (Å²) in [6, 6.07) is 13.7. The van der Waals surface area contributed by atoms with Gasteiger partial charge < -0.3 is 0 Å². The van der Waals surface area contributed by atoms with Crippen molar-refractivity contribution in [2.75, 3.05) is 4.90 Å². The van der Waals surface area contributed by atoms with Gasteiger partial charge in [-0.15, -0.1) is 21.5 Å². The molecule has 10 heteroatoms. The van der Waals surface area contributed by atoms with Crippen molar-refractivity contribution in [1.82, 2.24) is 25.2 Å². The Kier molecular flexibility index (Phi) is 5.45. The number of aromatic nitrogens is 5. The molecule has 0 aliphatic carbocycles. The van der Waals surface area contributed by atoms with Gasteiger partial charge in [0.2, 0.25) is 11.7 Å². The van der Waals surface area contributed by atoms with Gasteiger partial charge in [0.25, 0.3) is 0 Å². The molecule has 0 saturated carbocycles. The fourth-order valence-electron chi connectivity index (χ4n) is 2.68. The Balaban J connectivity index is 1.56. The average molecular weight is 473 g/mol. The van der Waals surface area contributed by atoms with Gasteiger partial charge in [-0.05, 0) is 41.6 Å². The first-order chi connectivity index (χ1) is 14.0. The number of rotatable bonds is 5. The van der Waals surface area contributed by atoms with Crippen molar-refractivity contribution in [2.24, 2.45) is 0 Å². The molecule has 0 radical (unpaired) electrons. The molecule has 1 amide bonds. The minimum Gasteiger partial charge on any atom is -0.274 e. The number of carbonyl (C=O) groups is 1. The summed E-state index contributed by atoms with van der Waals surface area (Å²) in [6.45, 7) is 1.65. The van der Waals surface area contributed by atoms with Gasteiger partial charge in [0, 0.05) is 22.3 Å². The second-order valence-corrected chi connectivity index (χ2v) is 7.83. The molecule has 0 aliphatic heterocycles. The highest BCUT2D eigenvalue weighted by molar-refractivity contribution is 9.10. The van der Waals surface area contributed by atoms with Crippen LogP contribution in [0.4, 0.5) is 15.2 Å². The van der Waals surface area contributed by atoms with E-state index in [1.54, 1.807) is 23.6 Å². The number of halogens is 2. The first-order valence-electron chi connectivity index (χ1n) is 8.54. The zero-order valence-corrected chi connectivity index (χ0v) is 17.6. The molecule has 29 heavy (non-hydrogen) atoms. The predicted octanol–water partition coefficient (Wildman–Crippen LogP) is 4.43. The highest BCUT2D eigenvalue weighted by atomic mass is 79.9. The van der Waals surface area contributed by atoms with Crippen LogP contribution in [-0.4, -0.2) is 31.1 Å². The van der Waals surface area contributed by atoms with E-state index in [4.69, 9.17) is 0 Å². The number of tetrazole rings is 1. The molecular formula is C19H14BrFN6OS. The summed E-state index contributed by atoms with van der Waals surface area (Å²) in [6.07, 6.45) is 0. The van der Waals surface area contributed by atoms with Crippen molar-refractivity contribution in [3.63, 3.8) is 0 Å². The number of benzene rings is 2. The van der Waals surface area contributed by atoms with Crippen LogP contribution in [0.25, 0.3) is 11.4 Å². The summed E-state index contributed by atoms with van der Waals surface area (Å²) in [7, 11) is 0. The fourth-order valence-corrected chi connectivity index (χ4v) is 3.82. The second-order valence-electron chi connectivity index (χ2n) is 6.08. The first-order valence-corrected chi connectivity index (χ1v) is 10.2. The molecule has 0 saturated heterocycles. The maximum absolute atomic E-state index is 14.2. The number of carbonyl (C=O) groups excluding carboxylic acids is 1. The summed E-state index contributed by atoms with van der Waals surface area (Å²) in [5.74, 6) is -0.311. The Hall–Kier alpha value is -2.98. The fraction of sp³-hybridized carbons (Fsp3) is 0.105. The molecule has 0 aliphatic rings. The normalized spacial score (nSPS) is 10.9. The Morgan fingerprint density at radius 3 is 2.69 bits per heavy atom. The highest BCUT2D eigenvalue weighted by Crippen LogP contribution is 2.30. The minimum atomic E-state index is -0.489. The summed E-state index contributed by atoms with van der Waals surface area (Å²) in [4.78, 5) is 19.3. The van der Waals surface area contributed by atoms with E-state index in [1.165, 1.54) is 34.0 Å². The lowest BCUT2D eigenvalue weighted by Gasteiger charge is -2.18.